The van der Waals surface area contributed by atoms with E-state index in [2.05, 4.69) is 32.2 Å². The summed E-state index contributed by atoms with van der Waals surface area (Å²) in [5, 5.41) is 12.4. The van der Waals surface area contributed by atoms with E-state index in [4.69, 9.17) is 4.74 Å². The quantitative estimate of drug-likeness (QED) is 0.497. The van der Waals surface area contributed by atoms with Crippen LogP contribution >= 0.6 is 11.8 Å². The molecule has 2 aromatic carbocycles. The van der Waals surface area contributed by atoms with Gasteiger partial charge in [0.2, 0.25) is 5.91 Å². The summed E-state index contributed by atoms with van der Waals surface area (Å²) in [6, 6.07) is 16.2. The fraction of sp³-hybridized carbons (Fsp3) is 0.348. The number of rotatable bonds is 10. The van der Waals surface area contributed by atoms with Crippen molar-refractivity contribution in [2.24, 2.45) is 0 Å². The number of hydrogen-bond acceptors (Lipinski definition) is 5. The molecule has 30 heavy (non-hydrogen) atoms. The van der Waals surface area contributed by atoms with Crippen molar-refractivity contribution in [3.63, 3.8) is 0 Å². The molecule has 0 unspecified atom stereocenters. The van der Waals surface area contributed by atoms with Gasteiger partial charge in [0.1, 0.15) is 5.82 Å². The molecule has 3 rings (SSSR count). The number of hydrogen-bond donors (Lipinski definition) is 1. The summed E-state index contributed by atoms with van der Waals surface area (Å²) in [4.78, 5) is 12.5. The van der Waals surface area contributed by atoms with Crippen molar-refractivity contribution in [1.29, 1.82) is 0 Å². The zero-order valence-electron chi connectivity index (χ0n) is 17.7. The minimum atomic E-state index is -0.0548. The Balaban J connectivity index is 1.63. The second-order valence-electron chi connectivity index (χ2n) is 7.11. The average Bonchev–Trinajstić information content (AvgIpc) is 3.15. The Morgan fingerprint density at radius 1 is 1.07 bits per heavy atom. The molecular formula is C23H28N4O2S. The van der Waals surface area contributed by atoms with E-state index in [-0.39, 0.29) is 11.7 Å². The molecule has 0 saturated carbocycles. The molecule has 0 spiro atoms. The van der Waals surface area contributed by atoms with Gasteiger partial charge in [-0.1, -0.05) is 54.2 Å². The summed E-state index contributed by atoms with van der Waals surface area (Å²) in [6.45, 7) is 5.28. The number of methoxy groups -OCH3 is 1. The SMILES string of the molecule is COCCn1c(CCc2ccccc2)nnc1SCC(=O)Nc1cccc(C)c1C. The third-order valence-electron chi connectivity index (χ3n) is 5.00. The van der Waals surface area contributed by atoms with Gasteiger partial charge in [0.25, 0.3) is 0 Å². The van der Waals surface area contributed by atoms with Crippen LogP contribution < -0.4 is 5.32 Å². The minimum absolute atomic E-state index is 0.0548. The van der Waals surface area contributed by atoms with E-state index in [1.807, 2.05) is 50.2 Å². The van der Waals surface area contributed by atoms with Crippen molar-refractivity contribution in [3.05, 3.63) is 71.0 Å². The number of aromatic nitrogens is 3. The molecule has 0 aliphatic carbocycles. The van der Waals surface area contributed by atoms with Crippen LogP contribution in [0.25, 0.3) is 0 Å². The Labute approximate surface area is 182 Å². The Morgan fingerprint density at radius 2 is 1.87 bits per heavy atom. The number of benzene rings is 2. The van der Waals surface area contributed by atoms with E-state index in [9.17, 15) is 4.79 Å². The maximum Gasteiger partial charge on any atom is 0.234 e. The molecule has 0 saturated heterocycles. The van der Waals surface area contributed by atoms with Gasteiger partial charge in [-0.3, -0.25) is 4.79 Å². The second-order valence-corrected chi connectivity index (χ2v) is 8.06. The molecule has 7 heteroatoms. The van der Waals surface area contributed by atoms with Crippen LogP contribution in [-0.2, 0) is 28.9 Å². The largest absolute Gasteiger partial charge is 0.383 e. The van der Waals surface area contributed by atoms with Gasteiger partial charge in [0, 0.05) is 25.8 Å². The summed E-state index contributed by atoms with van der Waals surface area (Å²) >= 11 is 1.40. The smallest absolute Gasteiger partial charge is 0.234 e. The molecule has 6 nitrogen and oxygen atoms in total. The molecule has 3 aromatic rings. The van der Waals surface area contributed by atoms with Crippen LogP contribution in [0.3, 0.4) is 0 Å². The first-order valence-electron chi connectivity index (χ1n) is 10.0. The molecule has 1 aromatic heterocycles. The van der Waals surface area contributed by atoms with Crippen LogP contribution in [-0.4, -0.2) is 40.1 Å². The summed E-state index contributed by atoms with van der Waals surface area (Å²) in [5.74, 6) is 1.13. The van der Waals surface area contributed by atoms with Crippen molar-refractivity contribution in [1.82, 2.24) is 14.8 Å². The first kappa shape index (κ1) is 22.1. The van der Waals surface area contributed by atoms with E-state index in [1.54, 1.807) is 7.11 Å². The second kappa shape index (κ2) is 10.9. The average molecular weight is 425 g/mol. The molecule has 0 fully saturated rings. The Morgan fingerprint density at radius 3 is 2.63 bits per heavy atom. The third-order valence-corrected chi connectivity index (χ3v) is 5.97. The van der Waals surface area contributed by atoms with Gasteiger partial charge in [-0.05, 0) is 43.0 Å². The van der Waals surface area contributed by atoms with Crippen LogP contribution in [0.4, 0.5) is 5.69 Å². The predicted molar refractivity (Wildman–Crippen MR) is 121 cm³/mol. The molecular weight excluding hydrogens is 396 g/mol. The minimum Gasteiger partial charge on any atom is -0.383 e. The maximum atomic E-state index is 12.5. The molecule has 1 amide bonds. The first-order chi connectivity index (χ1) is 14.6. The van der Waals surface area contributed by atoms with Gasteiger partial charge >= 0.3 is 0 Å². The highest BCUT2D eigenvalue weighted by Crippen LogP contribution is 2.21. The Hall–Kier alpha value is -2.64. The molecule has 1 heterocycles. The van der Waals surface area contributed by atoms with Crippen LogP contribution in [0.2, 0.25) is 0 Å². The number of nitrogens with one attached hydrogen (secondary N) is 1. The number of thioether (sulfide) groups is 1. The summed E-state index contributed by atoms with van der Waals surface area (Å²) < 4.78 is 7.31. The number of aryl methyl sites for hydroxylation is 3. The van der Waals surface area contributed by atoms with Gasteiger partial charge in [0.15, 0.2) is 5.16 Å². The van der Waals surface area contributed by atoms with Gasteiger partial charge in [-0.2, -0.15) is 0 Å². The number of carbonyl (C=O) groups is 1. The van der Waals surface area contributed by atoms with Crippen molar-refractivity contribution in [2.75, 3.05) is 24.8 Å². The monoisotopic (exact) mass is 424 g/mol. The zero-order valence-corrected chi connectivity index (χ0v) is 18.5. The van der Waals surface area contributed by atoms with Crippen LogP contribution in [0.5, 0.6) is 0 Å². The van der Waals surface area contributed by atoms with Gasteiger partial charge < -0.3 is 14.6 Å². The van der Waals surface area contributed by atoms with E-state index in [0.717, 1.165) is 40.6 Å². The normalized spacial score (nSPS) is 10.9. The highest BCUT2D eigenvalue weighted by atomic mass is 32.2. The molecule has 1 N–H and O–H groups in total. The molecule has 0 atom stereocenters. The lowest BCUT2D eigenvalue weighted by atomic mass is 10.1. The number of nitrogens with zero attached hydrogens (tertiary/aromatic N) is 3. The Kier molecular flexibility index (Phi) is 8.04. The van der Waals surface area contributed by atoms with Crippen LogP contribution in [0, 0.1) is 13.8 Å². The van der Waals surface area contributed by atoms with Crippen molar-refractivity contribution in [2.45, 2.75) is 38.4 Å². The highest BCUT2D eigenvalue weighted by molar-refractivity contribution is 7.99. The lowest BCUT2D eigenvalue weighted by molar-refractivity contribution is -0.113. The lowest BCUT2D eigenvalue weighted by Gasteiger charge is -2.11. The highest BCUT2D eigenvalue weighted by Gasteiger charge is 2.15. The van der Waals surface area contributed by atoms with Crippen LogP contribution in [0.1, 0.15) is 22.5 Å². The summed E-state index contributed by atoms with van der Waals surface area (Å²) in [7, 11) is 1.68. The lowest BCUT2D eigenvalue weighted by Crippen LogP contribution is -2.16. The molecule has 0 radical (unpaired) electrons. The number of anilines is 1. The molecule has 0 aliphatic heterocycles. The van der Waals surface area contributed by atoms with Crippen LogP contribution in [0.15, 0.2) is 53.7 Å². The zero-order chi connectivity index (χ0) is 21.3. The van der Waals surface area contributed by atoms with Gasteiger partial charge in [-0.25, -0.2) is 0 Å². The van der Waals surface area contributed by atoms with E-state index < -0.39 is 0 Å². The number of ether oxygens (including phenoxy) is 1. The summed E-state index contributed by atoms with van der Waals surface area (Å²) in [6.07, 6.45) is 1.68. The van der Waals surface area contributed by atoms with Crippen molar-refractivity contribution >= 4 is 23.4 Å². The topological polar surface area (TPSA) is 69.0 Å². The standard InChI is InChI=1S/C23H28N4O2S/c1-17-8-7-11-20(18(17)2)24-22(28)16-30-23-26-25-21(27(23)14-15-29-3)13-12-19-9-5-4-6-10-19/h4-11H,12-16H2,1-3H3,(H,24,28). The molecule has 0 bridgehead atoms. The number of amides is 1. The van der Waals surface area contributed by atoms with E-state index in [0.29, 0.717) is 13.2 Å². The van der Waals surface area contributed by atoms with Gasteiger partial charge in [0.05, 0.1) is 12.4 Å². The fourth-order valence-electron chi connectivity index (χ4n) is 3.12. The number of carbonyl (C=O) groups excluding carboxylic acids is 1. The first-order valence-corrected chi connectivity index (χ1v) is 11.0. The summed E-state index contributed by atoms with van der Waals surface area (Å²) in [5.41, 5.74) is 4.36. The van der Waals surface area contributed by atoms with Gasteiger partial charge in [-0.15, -0.1) is 10.2 Å². The predicted octanol–water partition coefficient (Wildman–Crippen LogP) is 4.06. The van der Waals surface area contributed by atoms with Crippen molar-refractivity contribution in [3.8, 4) is 0 Å². The molecule has 0 aliphatic rings. The fourth-order valence-corrected chi connectivity index (χ4v) is 3.91. The Bertz CT molecular complexity index is 973. The van der Waals surface area contributed by atoms with Crippen molar-refractivity contribution < 1.29 is 9.53 Å². The molecule has 158 valence electrons. The maximum absolute atomic E-state index is 12.5. The van der Waals surface area contributed by atoms with E-state index >= 15 is 0 Å². The third kappa shape index (κ3) is 5.93. The van der Waals surface area contributed by atoms with E-state index in [1.165, 1.54) is 17.3 Å².